The van der Waals surface area contributed by atoms with Crippen molar-refractivity contribution in [2.75, 3.05) is 31.6 Å². The molecule has 0 aliphatic carbocycles. The lowest BCUT2D eigenvalue weighted by Gasteiger charge is -2.30. The fourth-order valence-electron chi connectivity index (χ4n) is 2.52. The zero-order valence-electron chi connectivity index (χ0n) is 13.2. The van der Waals surface area contributed by atoms with Gasteiger partial charge < -0.3 is 15.0 Å². The van der Waals surface area contributed by atoms with Crippen LogP contribution >= 0.6 is 28.1 Å². The van der Waals surface area contributed by atoms with Gasteiger partial charge in [0, 0.05) is 35.0 Å². The molecule has 0 atom stereocenters. The molecule has 0 spiro atoms. The second kappa shape index (κ2) is 8.42. The number of anilines is 1. The Morgan fingerprint density at radius 3 is 2.38 bits per heavy atom. The van der Waals surface area contributed by atoms with Crippen LogP contribution in [-0.2, 0) is 4.74 Å². The summed E-state index contributed by atoms with van der Waals surface area (Å²) in [6.45, 7) is 3.12. The monoisotopic (exact) mass is 402 g/mol. The number of hydrogen-bond donors (Lipinski definition) is 1. The highest BCUT2D eigenvalue weighted by Crippen LogP contribution is 2.21. The lowest BCUT2D eigenvalue weighted by Crippen LogP contribution is -2.40. The first-order valence-electron chi connectivity index (χ1n) is 7.89. The quantitative estimate of drug-likeness (QED) is 0.598. The third-order valence-electron chi connectivity index (χ3n) is 3.84. The topological polar surface area (TPSA) is 24.5 Å². The molecule has 24 heavy (non-hydrogen) atoms. The maximum absolute atomic E-state index is 5.77. The summed E-state index contributed by atoms with van der Waals surface area (Å²) in [5, 5.41) is 3.36. The number of nitrogens with one attached hydrogen (secondary N) is 1. The number of morpholine rings is 1. The van der Waals surface area contributed by atoms with E-state index in [1.807, 2.05) is 48.7 Å². The lowest BCUT2D eigenvalue weighted by molar-refractivity contribution is 0.0696. The predicted molar refractivity (Wildman–Crippen MR) is 107 cm³/mol. The molecule has 2 aromatic carbocycles. The van der Waals surface area contributed by atoms with Gasteiger partial charge in [-0.3, -0.25) is 0 Å². The van der Waals surface area contributed by atoms with Gasteiger partial charge in [0.1, 0.15) is 4.99 Å². The lowest BCUT2D eigenvalue weighted by atomic mass is 10.1. The Balaban J connectivity index is 1.85. The van der Waals surface area contributed by atoms with Crippen LogP contribution in [0.4, 0.5) is 5.69 Å². The molecule has 5 heteroatoms. The first-order valence-corrected chi connectivity index (χ1v) is 9.09. The maximum atomic E-state index is 5.77. The zero-order valence-corrected chi connectivity index (χ0v) is 15.6. The molecule has 1 aliphatic heterocycles. The molecular weight excluding hydrogens is 384 g/mol. The molecule has 0 radical (unpaired) electrons. The van der Waals surface area contributed by atoms with Crippen molar-refractivity contribution in [2.45, 2.75) is 0 Å². The van der Waals surface area contributed by atoms with Crippen LogP contribution in [0.1, 0.15) is 5.56 Å². The molecule has 1 N–H and O–H groups in total. The average molecular weight is 403 g/mol. The van der Waals surface area contributed by atoms with Crippen LogP contribution < -0.4 is 5.32 Å². The van der Waals surface area contributed by atoms with Crippen molar-refractivity contribution in [3.63, 3.8) is 0 Å². The van der Waals surface area contributed by atoms with Gasteiger partial charge in [0.15, 0.2) is 0 Å². The van der Waals surface area contributed by atoms with Crippen LogP contribution in [0.5, 0.6) is 0 Å². The standard InChI is InChI=1S/C19H19BrN2OS/c20-16-6-8-17(9-7-16)21-14-18(15-4-2-1-3-5-15)19(24)22-10-12-23-13-11-22/h1-9,14,21H,10-13H2/b18-14-. The number of rotatable bonds is 4. The fourth-order valence-corrected chi connectivity index (χ4v) is 3.15. The number of hydrogen-bond acceptors (Lipinski definition) is 3. The molecule has 0 bridgehead atoms. The summed E-state index contributed by atoms with van der Waals surface area (Å²) in [5.74, 6) is 0. The van der Waals surface area contributed by atoms with Crippen LogP contribution in [0.25, 0.3) is 5.57 Å². The van der Waals surface area contributed by atoms with Crippen molar-refractivity contribution < 1.29 is 4.74 Å². The first kappa shape index (κ1) is 17.1. The number of halogens is 1. The number of nitrogens with zero attached hydrogens (tertiary/aromatic N) is 1. The molecule has 1 heterocycles. The summed E-state index contributed by atoms with van der Waals surface area (Å²) < 4.78 is 6.49. The fraction of sp³-hybridized carbons (Fsp3) is 0.211. The van der Waals surface area contributed by atoms with E-state index in [4.69, 9.17) is 17.0 Å². The molecular formula is C19H19BrN2OS. The van der Waals surface area contributed by atoms with Gasteiger partial charge in [-0.2, -0.15) is 0 Å². The predicted octanol–water partition coefficient (Wildman–Crippen LogP) is 4.56. The smallest absolute Gasteiger partial charge is 0.111 e. The minimum atomic E-state index is 0.725. The van der Waals surface area contributed by atoms with E-state index < -0.39 is 0 Å². The molecule has 3 rings (SSSR count). The van der Waals surface area contributed by atoms with Crippen LogP contribution in [0, 0.1) is 0 Å². The van der Waals surface area contributed by atoms with Crippen molar-refractivity contribution in [3.05, 3.63) is 70.8 Å². The third kappa shape index (κ3) is 4.44. The molecule has 1 saturated heterocycles. The van der Waals surface area contributed by atoms with Crippen molar-refractivity contribution in [2.24, 2.45) is 0 Å². The van der Waals surface area contributed by atoms with Gasteiger partial charge in [0.05, 0.1) is 13.2 Å². The Morgan fingerprint density at radius 1 is 1.04 bits per heavy atom. The van der Waals surface area contributed by atoms with E-state index in [1.165, 1.54) is 0 Å². The molecule has 0 saturated carbocycles. The van der Waals surface area contributed by atoms with Gasteiger partial charge in [-0.1, -0.05) is 58.5 Å². The molecule has 3 nitrogen and oxygen atoms in total. The van der Waals surface area contributed by atoms with Crippen molar-refractivity contribution in [1.29, 1.82) is 0 Å². The third-order valence-corrected chi connectivity index (χ3v) is 4.85. The Morgan fingerprint density at radius 2 is 1.71 bits per heavy atom. The van der Waals surface area contributed by atoms with E-state index >= 15 is 0 Å². The Labute approximate surface area is 156 Å². The summed E-state index contributed by atoms with van der Waals surface area (Å²) in [4.78, 5) is 3.06. The van der Waals surface area contributed by atoms with Crippen molar-refractivity contribution in [1.82, 2.24) is 4.90 Å². The van der Waals surface area contributed by atoms with Crippen LogP contribution in [0.2, 0.25) is 0 Å². The largest absolute Gasteiger partial charge is 0.378 e. The SMILES string of the molecule is S=C(/C(=C\Nc1ccc(Br)cc1)c1ccccc1)N1CCOCC1. The van der Waals surface area contributed by atoms with Gasteiger partial charge in [0.2, 0.25) is 0 Å². The maximum Gasteiger partial charge on any atom is 0.111 e. The summed E-state index contributed by atoms with van der Waals surface area (Å²) in [7, 11) is 0. The number of thiocarbonyl (C=S) groups is 1. The highest BCUT2D eigenvalue weighted by atomic mass is 79.9. The molecule has 2 aromatic rings. The Hall–Kier alpha value is -1.69. The molecule has 0 unspecified atom stereocenters. The molecule has 0 aromatic heterocycles. The minimum Gasteiger partial charge on any atom is -0.378 e. The summed E-state index contributed by atoms with van der Waals surface area (Å²) in [5.41, 5.74) is 3.16. The van der Waals surface area contributed by atoms with Gasteiger partial charge in [-0.05, 0) is 29.8 Å². The van der Waals surface area contributed by atoms with Gasteiger partial charge in [-0.25, -0.2) is 0 Å². The highest BCUT2D eigenvalue weighted by Gasteiger charge is 2.18. The normalized spacial score (nSPS) is 15.2. The van der Waals surface area contributed by atoms with Crippen molar-refractivity contribution >= 4 is 44.4 Å². The van der Waals surface area contributed by atoms with Crippen LogP contribution in [0.15, 0.2) is 65.3 Å². The Kier molecular flexibility index (Phi) is 6.01. The Bertz CT molecular complexity index is 710. The van der Waals surface area contributed by atoms with E-state index in [0.717, 1.165) is 52.6 Å². The second-order valence-corrected chi connectivity index (χ2v) is 6.78. The number of benzene rings is 2. The first-order chi connectivity index (χ1) is 11.7. The van der Waals surface area contributed by atoms with E-state index in [9.17, 15) is 0 Å². The number of ether oxygens (including phenoxy) is 1. The van der Waals surface area contributed by atoms with E-state index in [1.54, 1.807) is 0 Å². The van der Waals surface area contributed by atoms with E-state index in [-0.39, 0.29) is 0 Å². The van der Waals surface area contributed by atoms with Crippen LogP contribution in [-0.4, -0.2) is 36.2 Å². The second-order valence-electron chi connectivity index (χ2n) is 5.48. The molecule has 0 amide bonds. The van der Waals surface area contributed by atoms with Gasteiger partial charge >= 0.3 is 0 Å². The summed E-state index contributed by atoms with van der Waals surface area (Å²) >= 11 is 9.22. The highest BCUT2D eigenvalue weighted by molar-refractivity contribution is 9.10. The molecule has 1 fully saturated rings. The van der Waals surface area contributed by atoms with Crippen molar-refractivity contribution in [3.8, 4) is 0 Å². The van der Waals surface area contributed by atoms with Crippen LogP contribution in [0.3, 0.4) is 0 Å². The van der Waals surface area contributed by atoms with Gasteiger partial charge in [-0.15, -0.1) is 0 Å². The summed E-state index contributed by atoms with van der Waals surface area (Å²) in [6, 6.07) is 18.3. The van der Waals surface area contributed by atoms with E-state index in [2.05, 4.69) is 38.3 Å². The molecule has 1 aliphatic rings. The zero-order chi connectivity index (χ0) is 16.8. The average Bonchev–Trinajstić information content (AvgIpc) is 2.65. The molecule has 124 valence electrons. The van der Waals surface area contributed by atoms with Gasteiger partial charge in [0.25, 0.3) is 0 Å². The minimum absolute atomic E-state index is 0.725. The van der Waals surface area contributed by atoms with E-state index in [0.29, 0.717) is 0 Å². The summed E-state index contributed by atoms with van der Waals surface area (Å²) in [6.07, 6.45) is 2.00.